The summed E-state index contributed by atoms with van der Waals surface area (Å²) in [5, 5.41) is 3.06. The fraction of sp³-hybridized carbons (Fsp3) is 0.176. The molecular formula is C17H15ClN2O4. The van der Waals surface area contributed by atoms with Gasteiger partial charge in [0.15, 0.2) is 6.61 Å². The number of carbonyl (C=O) groups excluding carboxylic acids is 2. The number of likely N-dealkylation sites (N-methyl/N-ethyl adjacent to an activating group) is 1. The topological polar surface area (TPSA) is 67.9 Å². The standard InChI is InChI=1S/C17H15ClN2O4/c1-20-12-7-6-10(8-14(12)24-9-15(20)21)19-17(22)16-11(18)4-3-5-13(16)23-2/h3-8H,9H2,1-2H3,(H,19,22). The molecule has 0 spiro atoms. The zero-order valence-electron chi connectivity index (χ0n) is 13.1. The van der Waals surface area contributed by atoms with Crippen LogP contribution in [0.2, 0.25) is 5.02 Å². The predicted octanol–water partition coefficient (Wildman–Crippen LogP) is 2.96. The van der Waals surface area contributed by atoms with Crippen LogP contribution in [0.15, 0.2) is 36.4 Å². The SMILES string of the molecule is COc1cccc(Cl)c1C(=O)Nc1ccc2c(c1)OCC(=O)N2C. The Morgan fingerprint density at radius 2 is 2.12 bits per heavy atom. The van der Waals surface area contributed by atoms with Crippen molar-refractivity contribution in [3.05, 3.63) is 47.0 Å². The van der Waals surface area contributed by atoms with Crippen LogP contribution >= 0.6 is 11.6 Å². The number of anilines is 2. The summed E-state index contributed by atoms with van der Waals surface area (Å²) in [6.07, 6.45) is 0. The van der Waals surface area contributed by atoms with Crippen molar-refractivity contribution in [2.75, 3.05) is 31.0 Å². The van der Waals surface area contributed by atoms with Crippen LogP contribution in [-0.4, -0.2) is 32.6 Å². The monoisotopic (exact) mass is 346 g/mol. The second-order valence-electron chi connectivity index (χ2n) is 5.20. The molecule has 6 nitrogen and oxygen atoms in total. The lowest BCUT2D eigenvalue weighted by molar-refractivity contribution is -0.120. The first-order chi connectivity index (χ1) is 11.5. The Kier molecular flexibility index (Phi) is 4.31. The Balaban J connectivity index is 1.87. The molecule has 3 rings (SSSR count). The first-order valence-electron chi connectivity index (χ1n) is 7.18. The van der Waals surface area contributed by atoms with Gasteiger partial charge in [0.25, 0.3) is 11.8 Å². The predicted molar refractivity (Wildman–Crippen MR) is 91.3 cm³/mol. The Bertz CT molecular complexity index is 822. The second kappa shape index (κ2) is 6.41. The van der Waals surface area contributed by atoms with E-state index in [-0.39, 0.29) is 18.1 Å². The highest BCUT2D eigenvalue weighted by molar-refractivity contribution is 6.35. The molecule has 24 heavy (non-hydrogen) atoms. The van der Waals surface area contributed by atoms with Gasteiger partial charge >= 0.3 is 0 Å². The number of methoxy groups -OCH3 is 1. The van der Waals surface area contributed by atoms with Gasteiger partial charge in [-0.3, -0.25) is 9.59 Å². The number of hydrogen-bond acceptors (Lipinski definition) is 4. The molecule has 0 atom stereocenters. The third-order valence-corrected chi connectivity index (χ3v) is 4.04. The largest absolute Gasteiger partial charge is 0.496 e. The van der Waals surface area contributed by atoms with Gasteiger partial charge < -0.3 is 19.7 Å². The molecule has 0 bridgehead atoms. The van der Waals surface area contributed by atoms with Crippen molar-refractivity contribution in [1.82, 2.24) is 0 Å². The minimum absolute atomic E-state index is 0.0285. The number of rotatable bonds is 3. The molecule has 0 aliphatic carbocycles. The molecule has 2 aromatic rings. The lowest BCUT2D eigenvalue weighted by Crippen LogP contribution is -2.35. The van der Waals surface area contributed by atoms with E-state index in [1.807, 2.05) is 0 Å². The Morgan fingerprint density at radius 3 is 2.88 bits per heavy atom. The summed E-state index contributed by atoms with van der Waals surface area (Å²) in [6.45, 7) is -0.0285. The van der Waals surface area contributed by atoms with E-state index in [4.69, 9.17) is 21.1 Å². The first-order valence-corrected chi connectivity index (χ1v) is 7.56. The molecular weight excluding hydrogens is 332 g/mol. The van der Waals surface area contributed by atoms with E-state index in [1.165, 1.54) is 12.0 Å². The zero-order valence-corrected chi connectivity index (χ0v) is 13.9. The van der Waals surface area contributed by atoms with Crippen LogP contribution in [-0.2, 0) is 4.79 Å². The van der Waals surface area contributed by atoms with Crippen molar-refractivity contribution in [3.63, 3.8) is 0 Å². The Labute approximate surface area is 143 Å². The number of carbonyl (C=O) groups is 2. The molecule has 0 saturated heterocycles. The van der Waals surface area contributed by atoms with Crippen molar-refractivity contribution >= 4 is 34.8 Å². The number of halogens is 1. The van der Waals surface area contributed by atoms with Crippen molar-refractivity contribution in [2.24, 2.45) is 0 Å². The molecule has 0 radical (unpaired) electrons. The first kappa shape index (κ1) is 16.1. The molecule has 0 unspecified atom stereocenters. The normalized spacial score (nSPS) is 13.1. The quantitative estimate of drug-likeness (QED) is 0.927. The van der Waals surface area contributed by atoms with Crippen molar-refractivity contribution < 1.29 is 19.1 Å². The van der Waals surface area contributed by atoms with Crippen LogP contribution < -0.4 is 19.7 Å². The number of amides is 2. The molecule has 1 aliphatic heterocycles. The number of hydrogen-bond donors (Lipinski definition) is 1. The summed E-state index contributed by atoms with van der Waals surface area (Å²) < 4.78 is 10.6. The van der Waals surface area contributed by atoms with Crippen LogP contribution in [0.5, 0.6) is 11.5 Å². The molecule has 1 aliphatic rings. The van der Waals surface area contributed by atoms with E-state index in [1.54, 1.807) is 43.4 Å². The van der Waals surface area contributed by atoms with Gasteiger partial charge in [0.05, 0.1) is 17.8 Å². The molecule has 0 aromatic heterocycles. The van der Waals surface area contributed by atoms with Gasteiger partial charge in [0.2, 0.25) is 0 Å². The van der Waals surface area contributed by atoms with Gasteiger partial charge in [-0.25, -0.2) is 0 Å². The number of fused-ring (bicyclic) bond motifs is 1. The molecule has 1 heterocycles. The molecule has 1 N–H and O–H groups in total. The minimum Gasteiger partial charge on any atom is -0.496 e. The second-order valence-corrected chi connectivity index (χ2v) is 5.60. The van der Waals surface area contributed by atoms with Gasteiger partial charge in [0.1, 0.15) is 17.1 Å². The molecule has 0 fully saturated rings. The smallest absolute Gasteiger partial charge is 0.264 e. The van der Waals surface area contributed by atoms with Crippen molar-refractivity contribution in [3.8, 4) is 11.5 Å². The van der Waals surface area contributed by atoms with Crippen molar-refractivity contribution in [1.29, 1.82) is 0 Å². The summed E-state index contributed by atoms with van der Waals surface area (Å²) in [7, 11) is 3.15. The number of nitrogens with zero attached hydrogens (tertiary/aromatic N) is 1. The van der Waals surface area contributed by atoms with Gasteiger partial charge in [0, 0.05) is 18.8 Å². The Morgan fingerprint density at radius 1 is 1.33 bits per heavy atom. The van der Waals surface area contributed by atoms with Crippen LogP contribution in [0.25, 0.3) is 0 Å². The summed E-state index contributed by atoms with van der Waals surface area (Å²) in [6, 6.07) is 10.1. The van der Waals surface area contributed by atoms with E-state index < -0.39 is 5.91 Å². The molecule has 2 amide bonds. The van der Waals surface area contributed by atoms with Gasteiger partial charge in [-0.15, -0.1) is 0 Å². The number of ether oxygens (including phenoxy) is 2. The lowest BCUT2D eigenvalue weighted by atomic mass is 10.1. The summed E-state index contributed by atoms with van der Waals surface area (Å²) in [4.78, 5) is 25.6. The van der Waals surface area contributed by atoms with Crippen LogP contribution in [0.4, 0.5) is 11.4 Å². The maximum Gasteiger partial charge on any atom is 0.264 e. The highest BCUT2D eigenvalue weighted by atomic mass is 35.5. The van der Waals surface area contributed by atoms with E-state index in [0.717, 1.165) is 0 Å². The summed E-state index contributed by atoms with van der Waals surface area (Å²) in [5.41, 5.74) is 1.44. The molecule has 0 saturated carbocycles. The van der Waals surface area contributed by atoms with Gasteiger partial charge in [-0.05, 0) is 24.3 Å². The van der Waals surface area contributed by atoms with E-state index in [9.17, 15) is 9.59 Å². The number of nitrogens with one attached hydrogen (secondary N) is 1. The van der Waals surface area contributed by atoms with E-state index >= 15 is 0 Å². The average Bonchev–Trinajstić information content (AvgIpc) is 2.57. The van der Waals surface area contributed by atoms with Crippen LogP contribution in [0.1, 0.15) is 10.4 Å². The average molecular weight is 347 g/mol. The summed E-state index contributed by atoms with van der Waals surface area (Å²) >= 11 is 6.11. The molecule has 7 heteroatoms. The highest BCUT2D eigenvalue weighted by Crippen LogP contribution is 2.34. The van der Waals surface area contributed by atoms with Crippen LogP contribution in [0.3, 0.4) is 0 Å². The Hall–Kier alpha value is -2.73. The fourth-order valence-electron chi connectivity index (χ4n) is 2.44. The van der Waals surface area contributed by atoms with Crippen molar-refractivity contribution in [2.45, 2.75) is 0 Å². The molecule has 2 aromatic carbocycles. The fourth-order valence-corrected chi connectivity index (χ4v) is 2.70. The zero-order chi connectivity index (χ0) is 17.3. The third-order valence-electron chi connectivity index (χ3n) is 3.73. The maximum absolute atomic E-state index is 12.5. The van der Waals surface area contributed by atoms with Gasteiger partial charge in [-0.2, -0.15) is 0 Å². The maximum atomic E-state index is 12.5. The third kappa shape index (κ3) is 2.88. The minimum atomic E-state index is -0.391. The van der Waals surface area contributed by atoms with Gasteiger partial charge in [-0.1, -0.05) is 17.7 Å². The highest BCUT2D eigenvalue weighted by Gasteiger charge is 2.23. The summed E-state index contributed by atoms with van der Waals surface area (Å²) in [5.74, 6) is 0.401. The lowest BCUT2D eigenvalue weighted by Gasteiger charge is -2.26. The van der Waals surface area contributed by atoms with E-state index in [2.05, 4.69) is 5.32 Å². The van der Waals surface area contributed by atoms with E-state index in [0.29, 0.717) is 27.9 Å². The molecule has 124 valence electrons. The van der Waals surface area contributed by atoms with Crippen LogP contribution in [0, 0.1) is 0 Å². The number of benzene rings is 2.